The Balaban J connectivity index is 1.78. The number of nitrogens with zero attached hydrogens (tertiary/aromatic N) is 4. The number of aryl methyl sites for hydroxylation is 2. The third-order valence-electron chi connectivity index (χ3n) is 3.80. The first kappa shape index (κ1) is 16.3. The minimum atomic E-state index is -0.228. The van der Waals surface area contributed by atoms with Gasteiger partial charge in [-0.2, -0.15) is 5.10 Å². The van der Waals surface area contributed by atoms with Gasteiger partial charge in [-0.15, -0.1) is 10.2 Å². The molecule has 2 heterocycles. The van der Waals surface area contributed by atoms with Crippen LogP contribution >= 0.6 is 11.3 Å². The van der Waals surface area contributed by atoms with E-state index in [1.807, 2.05) is 25.1 Å². The van der Waals surface area contributed by atoms with Gasteiger partial charge in [-0.1, -0.05) is 48.6 Å². The van der Waals surface area contributed by atoms with Crippen molar-refractivity contribution in [3.8, 4) is 0 Å². The molecule has 3 rings (SSSR count). The smallest absolute Gasteiger partial charge is 0.275 e. The molecule has 0 saturated heterocycles. The third kappa shape index (κ3) is 3.35. The lowest BCUT2D eigenvalue weighted by molar-refractivity contribution is 0.101. The fraction of sp³-hybridized carbons (Fsp3) is 0.294. The van der Waals surface area contributed by atoms with Gasteiger partial charge in [0.05, 0.1) is 5.69 Å². The van der Waals surface area contributed by atoms with Crippen molar-refractivity contribution >= 4 is 22.4 Å². The topological polar surface area (TPSA) is 72.7 Å². The van der Waals surface area contributed by atoms with Crippen LogP contribution in [-0.2, 0) is 7.05 Å². The number of amides is 1. The van der Waals surface area contributed by atoms with Crippen molar-refractivity contribution in [3.63, 3.8) is 0 Å². The highest BCUT2D eigenvalue weighted by molar-refractivity contribution is 7.15. The number of carbonyl (C=O) groups is 1. The summed E-state index contributed by atoms with van der Waals surface area (Å²) in [5.41, 5.74) is 2.51. The van der Waals surface area contributed by atoms with E-state index in [4.69, 9.17) is 0 Å². The van der Waals surface area contributed by atoms with Crippen molar-refractivity contribution in [2.24, 2.45) is 7.05 Å². The summed E-state index contributed by atoms with van der Waals surface area (Å²) in [6.07, 6.45) is 0.924. The fourth-order valence-electron chi connectivity index (χ4n) is 2.65. The van der Waals surface area contributed by atoms with Crippen molar-refractivity contribution in [1.82, 2.24) is 20.0 Å². The SMILES string of the molecule is CC[C@H](c1ccccc1)c1nnc(NC(=O)c2cc(C)nn2C)s1. The van der Waals surface area contributed by atoms with Crippen LogP contribution < -0.4 is 5.32 Å². The zero-order chi connectivity index (χ0) is 17.1. The van der Waals surface area contributed by atoms with Crippen LogP contribution in [0.5, 0.6) is 0 Å². The molecule has 3 aromatic rings. The van der Waals surface area contributed by atoms with Gasteiger partial charge in [-0.05, 0) is 25.0 Å². The second-order valence-electron chi connectivity index (χ2n) is 5.57. The van der Waals surface area contributed by atoms with Crippen LogP contribution in [0.3, 0.4) is 0 Å². The molecule has 124 valence electrons. The zero-order valence-electron chi connectivity index (χ0n) is 13.9. The second kappa shape index (κ2) is 6.92. The van der Waals surface area contributed by atoms with Crippen molar-refractivity contribution in [1.29, 1.82) is 0 Å². The Hall–Kier alpha value is -2.54. The van der Waals surface area contributed by atoms with Gasteiger partial charge in [0.1, 0.15) is 10.7 Å². The molecule has 6 nitrogen and oxygen atoms in total. The summed E-state index contributed by atoms with van der Waals surface area (Å²) in [6, 6.07) is 12.0. The van der Waals surface area contributed by atoms with Gasteiger partial charge >= 0.3 is 0 Å². The largest absolute Gasteiger partial charge is 0.295 e. The summed E-state index contributed by atoms with van der Waals surface area (Å²) in [6.45, 7) is 3.97. The van der Waals surface area contributed by atoms with Crippen molar-refractivity contribution in [2.75, 3.05) is 5.32 Å². The number of nitrogens with one attached hydrogen (secondary N) is 1. The number of rotatable bonds is 5. The predicted octanol–water partition coefficient (Wildman–Crippen LogP) is 3.37. The zero-order valence-corrected chi connectivity index (χ0v) is 14.7. The molecule has 7 heteroatoms. The van der Waals surface area contributed by atoms with E-state index < -0.39 is 0 Å². The molecule has 0 aliphatic carbocycles. The van der Waals surface area contributed by atoms with Gasteiger partial charge in [-0.25, -0.2) is 0 Å². The lowest BCUT2D eigenvalue weighted by atomic mass is 9.97. The van der Waals surface area contributed by atoms with Crippen molar-refractivity contribution in [3.05, 3.63) is 58.4 Å². The maximum atomic E-state index is 12.3. The maximum Gasteiger partial charge on any atom is 0.275 e. The highest BCUT2D eigenvalue weighted by atomic mass is 32.1. The first-order valence-corrected chi connectivity index (χ1v) is 8.60. The summed E-state index contributed by atoms with van der Waals surface area (Å²) in [5.74, 6) is -0.0399. The standard InChI is InChI=1S/C17H19N5OS/c1-4-13(12-8-6-5-7-9-12)16-19-20-17(24-16)18-15(23)14-10-11(2)21-22(14)3/h5-10,13H,4H2,1-3H3,(H,18,20,23)/t13-/m1/s1. The molecule has 24 heavy (non-hydrogen) atoms. The van der Waals surface area contributed by atoms with Crippen molar-refractivity contribution in [2.45, 2.75) is 26.2 Å². The number of aromatic nitrogens is 4. The lowest BCUT2D eigenvalue weighted by Crippen LogP contribution is -2.15. The van der Waals surface area contributed by atoms with Crippen LogP contribution in [0.1, 0.15) is 46.0 Å². The highest BCUT2D eigenvalue weighted by Crippen LogP contribution is 2.31. The maximum absolute atomic E-state index is 12.3. The van der Waals surface area contributed by atoms with E-state index in [9.17, 15) is 4.79 Å². The van der Waals surface area contributed by atoms with Gasteiger partial charge < -0.3 is 0 Å². The van der Waals surface area contributed by atoms with Crippen LogP contribution in [0.4, 0.5) is 5.13 Å². The molecule has 0 saturated carbocycles. The van der Waals surface area contributed by atoms with Gasteiger partial charge in [0, 0.05) is 13.0 Å². The van der Waals surface area contributed by atoms with Crippen LogP contribution in [0.25, 0.3) is 0 Å². The fourth-order valence-corrected chi connectivity index (χ4v) is 3.60. The van der Waals surface area contributed by atoms with E-state index in [1.54, 1.807) is 17.8 Å². The van der Waals surface area contributed by atoms with E-state index in [2.05, 4.69) is 39.7 Å². The number of carbonyl (C=O) groups excluding carboxylic acids is 1. The minimum absolute atomic E-state index is 0.188. The van der Waals surface area contributed by atoms with Crippen LogP contribution in [0, 0.1) is 6.92 Å². The number of benzene rings is 1. The molecule has 1 amide bonds. The monoisotopic (exact) mass is 341 g/mol. The summed E-state index contributed by atoms with van der Waals surface area (Å²) < 4.78 is 1.56. The molecule has 1 aromatic carbocycles. The molecule has 0 aliphatic heterocycles. The summed E-state index contributed by atoms with van der Waals surface area (Å²) >= 11 is 1.41. The molecule has 1 atom stereocenters. The minimum Gasteiger partial charge on any atom is -0.295 e. The van der Waals surface area contributed by atoms with E-state index >= 15 is 0 Å². The molecule has 2 aromatic heterocycles. The Morgan fingerprint density at radius 1 is 1.29 bits per heavy atom. The second-order valence-corrected chi connectivity index (χ2v) is 6.57. The van der Waals surface area contributed by atoms with Crippen LogP contribution in [0.2, 0.25) is 0 Å². The quantitative estimate of drug-likeness (QED) is 0.772. The molecule has 0 radical (unpaired) electrons. The van der Waals surface area contributed by atoms with E-state index in [0.29, 0.717) is 10.8 Å². The molecule has 0 bridgehead atoms. The van der Waals surface area contributed by atoms with E-state index in [-0.39, 0.29) is 11.8 Å². The molecular formula is C17H19N5OS. The Bertz CT molecular complexity index is 840. The number of hydrogen-bond acceptors (Lipinski definition) is 5. The first-order valence-electron chi connectivity index (χ1n) is 7.78. The van der Waals surface area contributed by atoms with E-state index in [0.717, 1.165) is 17.1 Å². The number of anilines is 1. The Morgan fingerprint density at radius 3 is 2.67 bits per heavy atom. The first-order chi connectivity index (χ1) is 11.6. The average Bonchev–Trinajstić information content (AvgIpc) is 3.15. The highest BCUT2D eigenvalue weighted by Gasteiger charge is 2.19. The molecule has 0 spiro atoms. The number of hydrogen-bond donors (Lipinski definition) is 1. The summed E-state index contributed by atoms with van der Waals surface area (Å²) in [4.78, 5) is 12.3. The summed E-state index contributed by atoms with van der Waals surface area (Å²) in [5, 5.41) is 16.8. The van der Waals surface area contributed by atoms with Gasteiger partial charge in [-0.3, -0.25) is 14.8 Å². The third-order valence-corrected chi connectivity index (χ3v) is 4.76. The lowest BCUT2D eigenvalue weighted by Gasteiger charge is -2.10. The predicted molar refractivity (Wildman–Crippen MR) is 94.4 cm³/mol. The average molecular weight is 341 g/mol. The molecule has 1 N–H and O–H groups in total. The Kier molecular flexibility index (Phi) is 4.71. The van der Waals surface area contributed by atoms with E-state index in [1.165, 1.54) is 16.9 Å². The molecular weight excluding hydrogens is 322 g/mol. The Morgan fingerprint density at radius 2 is 2.04 bits per heavy atom. The molecule has 0 unspecified atom stereocenters. The van der Waals surface area contributed by atoms with Crippen molar-refractivity contribution < 1.29 is 4.79 Å². The summed E-state index contributed by atoms with van der Waals surface area (Å²) in [7, 11) is 1.75. The normalized spacial score (nSPS) is 12.1. The molecule has 0 fully saturated rings. The van der Waals surface area contributed by atoms with Crippen LogP contribution in [-0.4, -0.2) is 25.9 Å². The van der Waals surface area contributed by atoms with Crippen LogP contribution in [0.15, 0.2) is 36.4 Å². The van der Waals surface area contributed by atoms with Gasteiger partial charge in [0.2, 0.25) is 5.13 Å². The molecule has 0 aliphatic rings. The van der Waals surface area contributed by atoms with Gasteiger partial charge in [0.25, 0.3) is 5.91 Å². The van der Waals surface area contributed by atoms with Gasteiger partial charge in [0.15, 0.2) is 0 Å². The Labute approximate surface area is 144 Å².